The summed E-state index contributed by atoms with van der Waals surface area (Å²) in [4.78, 5) is 23.0. The van der Waals surface area contributed by atoms with Gasteiger partial charge in [-0.05, 0) is 54.1 Å². The number of ketones is 1. The summed E-state index contributed by atoms with van der Waals surface area (Å²) in [6, 6.07) is 14.5. The molecule has 0 fully saturated rings. The minimum Gasteiger partial charge on any atom is -0.377 e. The predicted octanol–water partition coefficient (Wildman–Crippen LogP) is 7.38. The number of nitrogens with two attached hydrogens (primary N) is 1. The third kappa shape index (κ3) is 6.90. The lowest BCUT2D eigenvalue weighted by Crippen LogP contribution is -2.34. The van der Waals surface area contributed by atoms with Gasteiger partial charge < -0.3 is 10.6 Å². The van der Waals surface area contributed by atoms with E-state index in [-0.39, 0.29) is 11.8 Å². The monoisotopic (exact) mass is 544 g/mol. The zero-order chi connectivity index (χ0) is 24.1. The van der Waals surface area contributed by atoms with Crippen LogP contribution in [-0.4, -0.2) is 11.8 Å². The molecule has 0 aromatic heterocycles. The molecule has 0 aliphatic carbocycles. The Balaban J connectivity index is 0.000000205. The first-order valence-electron chi connectivity index (χ1n) is 9.44. The van der Waals surface area contributed by atoms with Gasteiger partial charge in [0.1, 0.15) is 0 Å². The number of hydrogen-bond acceptors (Lipinski definition) is 4. The highest BCUT2D eigenvalue weighted by Gasteiger charge is 2.27. The van der Waals surface area contributed by atoms with Gasteiger partial charge in [-0.3, -0.25) is 10.2 Å². The number of Topliss-reactive ketones (excluding diaryl/α,β-unsaturated/α-hetero) is 1. The van der Waals surface area contributed by atoms with Crippen molar-refractivity contribution in [2.24, 2.45) is 5.84 Å². The third-order valence-electron chi connectivity index (χ3n) is 4.59. The lowest BCUT2D eigenvalue weighted by atomic mass is 9.92. The van der Waals surface area contributed by atoms with Crippen LogP contribution >= 0.6 is 58.0 Å². The van der Waals surface area contributed by atoms with Crippen molar-refractivity contribution in [2.75, 3.05) is 10.6 Å². The van der Waals surface area contributed by atoms with E-state index in [2.05, 4.69) is 10.6 Å². The third-order valence-corrected chi connectivity index (χ3v) is 5.82. The number of rotatable bonds is 2. The summed E-state index contributed by atoms with van der Waals surface area (Å²) < 4.78 is 0. The van der Waals surface area contributed by atoms with Crippen molar-refractivity contribution in [2.45, 2.75) is 12.5 Å². The highest BCUT2D eigenvalue weighted by molar-refractivity contribution is 6.35. The van der Waals surface area contributed by atoms with Gasteiger partial charge in [-0.25, -0.2) is 10.6 Å². The molecule has 1 aliphatic heterocycles. The molecule has 1 aliphatic rings. The number of benzene rings is 3. The van der Waals surface area contributed by atoms with Crippen molar-refractivity contribution in [3.63, 3.8) is 0 Å². The molecule has 0 spiro atoms. The van der Waals surface area contributed by atoms with Gasteiger partial charge in [-0.15, -0.1) is 0 Å². The fourth-order valence-electron chi connectivity index (χ4n) is 3.17. The van der Waals surface area contributed by atoms with E-state index in [1.165, 1.54) is 0 Å². The Bertz CT molecular complexity index is 1190. The van der Waals surface area contributed by atoms with Crippen LogP contribution in [0.4, 0.5) is 16.2 Å². The van der Waals surface area contributed by atoms with Gasteiger partial charge in [0.25, 0.3) is 0 Å². The van der Waals surface area contributed by atoms with Crippen LogP contribution in [0.3, 0.4) is 0 Å². The highest BCUT2D eigenvalue weighted by atomic mass is 35.5. The summed E-state index contributed by atoms with van der Waals surface area (Å²) >= 11 is 29.4. The number of halogens is 5. The lowest BCUT2D eigenvalue weighted by Gasteiger charge is -2.27. The van der Waals surface area contributed by atoms with E-state index in [1.807, 2.05) is 17.6 Å². The minimum atomic E-state index is -0.529. The van der Waals surface area contributed by atoms with Crippen LogP contribution in [0.2, 0.25) is 25.1 Å². The van der Waals surface area contributed by atoms with Crippen molar-refractivity contribution in [3.8, 4) is 0 Å². The summed E-state index contributed by atoms with van der Waals surface area (Å²) in [6.45, 7) is 0. The summed E-state index contributed by atoms with van der Waals surface area (Å²) in [6.07, 6.45) is 0.342. The molecule has 6 nitrogen and oxygen atoms in total. The van der Waals surface area contributed by atoms with E-state index in [4.69, 9.17) is 63.8 Å². The maximum atomic E-state index is 12.2. The molecule has 0 radical (unpaired) electrons. The molecule has 1 heterocycles. The summed E-state index contributed by atoms with van der Waals surface area (Å²) in [5.74, 6) is 4.92. The number of fused-ring (bicyclic) bond motifs is 1. The van der Waals surface area contributed by atoms with Crippen molar-refractivity contribution >= 4 is 81.2 Å². The second-order valence-corrected chi connectivity index (χ2v) is 9.09. The van der Waals surface area contributed by atoms with Crippen LogP contribution in [0.5, 0.6) is 0 Å². The quantitative estimate of drug-likeness (QED) is 0.153. The van der Waals surface area contributed by atoms with Gasteiger partial charge in [0, 0.05) is 48.5 Å². The number of hydrazine groups is 1. The molecule has 11 heteroatoms. The van der Waals surface area contributed by atoms with Gasteiger partial charge in [0.2, 0.25) is 0 Å². The fourth-order valence-corrected chi connectivity index (χ4v) is 4.41. The Labute approximate surface area is 215 Å². The zero-order valence-corrected chi connectivity index (χ0v) is 20.5. The van der Waals surface area contributed by atoms with Crippen LogP contribution < -0.4 is 21.9 Å². The molecule has 5 N–H and O–H groups in total. The van der Waals surface area contributed by atoms with E-state index in [0.29, 0.717) is 42.8 Å². The number of urea groups is 1. The SMILES string of the molecule is NNC(=O)Nc1cc(Cl)cc(Cl)c1.O=C1CC(c2ccc(Cl)cc2Cl)Nc2ccc(Cl)cc21. The molecule has 0 saturated heterocycles. The van der Waals surface area contributed by atoms with E-state index >= 15 is 0 Å². The molecule has 2 amide bonds. The van der Waals surface area contributed by atoms with Crippen molar-refractivity contribution in [1.82, 2.24) is 5.43 Å². The molecule has 172 valence electrons. The number of hydrogen-bond donors (Lipinski definition) is 4. The van der Waals surface area contributed by atoms with Crippen molar-refractivity contribution < 1.29 is 9.59 Å². The second kappa shape index (κ2) is 11.3. The maximum absolute atomic E-state index is 12.2. The number of carbonyl (C=O) groups is 2. The molecule has 3 aromatic rings. The molecule has 3 aromatic carbocycles. The molecular weight excluding hydrogens is 530 g/mol. The smallest absolute Gasteiger partial charge is 0.333 e. The molecule has 1 atom stereocenters. The van der Waals surface area contributed by atoms with Crippen LogP contribution in [0, 0.1) is 0 Å². The summed E-state index contributed by atoms with van der Waals surface area (Å²) in [5, 5.41) is 8.33. The molecule has 0 bridgehead atoms. The topological polar surface area (TPSA) is 96.2 Å². The fraction of sp³-hybridized carbons (Fsp3) is 0.0909. The van der Waals surface area contributed by atoms with Crippen LogP contribution in [0.1, 0.15) is 28.4 Å². The first-order valence-corrected chi connectivity index (χ1v) is 11.3. The van der Waals surface area contributed by atoms with Crippen LogP contribution in [0.25, 0.3) is 0 Å². The number of amides is 2. The Morgan fingerprint density at radius 2 is 1.52 bits per heavy atom. The Morgan fingerprint density at radius 3 is 2.15 bits per heavy atom. The Hall–Kier alpha value is -2.19. The van der Waals surface area contributed by atoms with Crippen LogP contribution in [-0.2, 0) is 0 Å². The van der Waals surface area contributed by atoms with E-state index < -0.39 is 6.03 Å². The minimum absolute atomic E-state index is 0.0530. The van der Waals surface area contributed by atoms with Crippen molar-refractivity contribution in [3.05, 3.63) is 90.8 Å². The molecule has 0 saturated carbocycles. The summed E-state index contributed by atoms with van der Waals surface area (Å²) in [5.41, 5.74) is 4.67. The molecule has 4 rings (SSSR count). The van der Waals surface area contributed by atoms with Gasteiger partial charge in [0.05, 0.1) is 6.04 Å². The van der Waals surface area contributed by atoms with E-state index in [1.54, 1.807) is 42.5 Å². The standard InChI is InChI=1S/C15H10Cl3NO.C7H7Cl2N3O/c16-8-2-4-13-11(5-8)15(20)7-14(19-13)10-3-1-9(17)6-12(10)18;8-4-1-5(9)3-6(2-4)11-7(13)12-10/h1-6,14,19H,7H2;1-3H,10H2,(H2,11,12,13). The predicted molar refractivity (Wildman–Crippen MR) is 136 cm³/mol. The largest absolute Gasteiger partial charge is 0.377 e. The van der Waals surface area contributed by atoms with Gasteiger partial charge in [0.15, 0.2) is 5.78 Å². The molecule has 33 heavy (non-hydrogen) atoms. The van der Waals surface area contributed by atoms with Gasteiger partial charge in [-0.1, -0.05) is 64.1 Å². The Kier molecular flexibility index (Phi) is 8.70. The Morgan fingerprint density at radius 1 is 0.879 bits per heavy atom. The van der Waals surface area contributed by atoms with E-state index in [0.717, 1.165) is 11.3 Å². The first kappa shape index (κ1) is 25.4. The van der Waals surface area contributed by atoms with E-state index in [9.17, 15) is 9.59 Å². The lowest BCUT2D eigenvalue weighted by molar-refractivity contribution is 0.0972. The molecular formula is C22H17Cl5N4O2. The maximum Gasteiger partial charge on any atom is 0.333 e. The normalized spacial score (nSPS) is 14.4. The van der Waals surface area contributed by atoms with Crippen LogP contribution in [0.15, 0.2) is 54.6 Å². The first-order chi connectivity index (χ1) is 15.7. The number of anilines is 2. The molecule has 1 unspecified atom stereocenters. The second-order valence-electron chi connectivity index (χ2n) is 6.94. The average Bonchev–Trinajstić information content (AvgIpc) is 2.74. The van der Waals surface area contributed by atoms with Crippen molar-refractivity contribution in [1.29, 1.82) is 0 Å². The zero-order valence-electron chi connectivity index (χ0n) is 16.8. The highest BCUT2D eigenvalue weighted by Crippen LogP contribution is 2.37. The number of nitrogens with one attached hydrogen (secondary N) is 3. The summed E-state index contributed by atoms with van der Waals surface area (Å²) in [7, 11) is 0. The van der Waals surface area contributed by atoms with Gasteiger partial charge >= 0.3 is 6.03 Å². The average molecular weight is 547 g/mol. The number of carbonyl (C=O) groups excluding carboxylic acids is 2. The van der Waals surface area contributed by atoms with Gasteiger partial charge in [-0.2, -0.15) is 0 Å².